The first kappa shape index (κ1) is 12.7. The van der Waals surface area contributed by atoms with E-state index in [-0.39, 0.29) is 24.8 Å². The van der Waals surface area contributed by atoms with Crippen LogP contribution in [-0.4, -0.2) is 23.7 Å². The van der Waals surface area contributed by atoms with Crippen LogP contribution in [-0.2, 0) is 4.79 Å². The summed E-state index contributed by atoms with van der Waals surface area (Å²) in [6.07, 6.45) is -1.67. The summed E-state index contributed by atoms with van der Waals surface area (Å²) < 4.78 is 38.0. The predicted molar refractivity (Wildman–Crippen MR) is 56.1 cm³/mol. The van der Waals surface area contributed by atoms with Gasteiger partial charge in [-0.05, 0) is 38.5 Å². The number of nitrogens with one attached hydrogen (secondary N) is 1. The molecule has 0 unspecified atom stereocenters. The van der Waals surface area contributed by atoms with Gasteiger partial charge in [0.1, 0.15) is 5.54 Å². The van der Waals surface area contributed by atoms with Crippen LogP contribution in [0.4, 0.5) is 13.2 Å². The van der Waals surface area contributed by atoms with Crippen molar-refractivity contribution < 1.29 is 18.0 Å². The van der Waals surface area contributed by atoms with Crippen molar-refractivity contribution in [2.45, 2.75) is 56.3 Å². The lowest BCUT2D eigenvalue weighted by molar-refractivity contribution is -0.171. The van der Waals surface area contributed by atoms with Crippen LogP contribution in [0.5, 0.6) is 0 Å². The van der Waals surface area contributed by atoms with Crippen LogP contribution in [0.1, 0.15) is 38.5 Å². The Bertz CT molecular complexity index is 304. The number of rotatable bonds is 2. The molecule has 0 aromatic rings. The van der Waals surface area contributed by atoms with Crippen LogP contribution in [0.3, 0.4) is 0 Å². The maximum absolute atomic E-state index is 12.7. The maximum atomic E-state index is 12.7. The monoisotopic (exact) mass is 250 g/mol. The standard InChI is InChI=1S/C11H17F3N2O/c12-11(13,14)10(5-6-10)16-9(17)7-1-3-8(15)4-2-7/h7-8H,1-6,15H2,(H,16,17). The molecule has 17 heavy (non-hydrogen) atoms. The zero-order valence-corrected chi connectivity index (χ0v) is 9.52. The third-order valence-corrected chi connectivity index (χ3v) is 3.80. The molecule has 98 valence electrons. The number of carbonyl (C=O) groups is 1. The summed E-state index contributed by atoms with van der Waals surface area (Å²) >= 11 is 0. The zero-order chi connectivity index (χ0) is 12.7. The second-order valence-electron chi connectivity index (χ2n) is 5.18. The van der Waals surface area contributed by atoms with Crippen molar-refractivity contribution >= 4 is 5.91 Å². The number of alkyl halides is 3. The second kappa shape index (κ2) is 4.15. The molecule has 2 rings (SSSR count). The molecule has 3 N–H and O–H groups in total. The average Bonchev–Trinajstić information content (AvgIpc) is 2.98. The highest BCUT2D eigenvalue weighted by Crippen LogP contribution is 2.49. The summed E-state index contributed by atoms with van der Waals surface area (Å²) in [5.74, 6) is -0.749. The zero-order valence-electron chi connectivity index (χ0n) is 9.52. The molecule has 6 heteroatoms. The molecule has 0 aromatic heterocycles. The lowest BCUT2D eigenvalue weighted by Crippen LogP contribution is -2.50. The Balaban J connectivity index is 1.90. The fourth-order valence-corrected chi connectivity index (χ4v) is 2.32. The number of hydrogen-bond acceptors (Lipinski definition) is 2. The molecule has 2 aliphatic rings. The van der Waals surface area contributed by atoms with Gasteiger partial charge in [0.25, 0.3) is 0 Å². The summed E-state index contributed by atoms with van der Waals surface area (Å²) in [5.41, 5.74) is 3.77. The van der Waals surface area contributed by atoms with Crippen molar-refractivity contribution in [2.24, 2.45) is 11.7 Å². The second-order valence-corrected chi connectivity index (χ2v) is 5.18. The van der Waals surface area contributed by atoms with Gasteiger partial charge < -0.3 is 11.1 Å². The lowest BCUT2D eigenvalue weighted by Gasteiger charge is -2.28. The van der Waals surface area contributed by atoms with Crippen LogP contribution in [0, 0.1) is 5.92 Å². The first-order chi connectivity index (χ1) is 7.84. The van der Waals surface area contributed by atoms with Crippen molar-refractivity contribution in [3.8, 4) is 0 Å². The van der Waals surface area contributed by atoms with Gasteiger partial charge in [0.05, 0.1) is 0 Å². The third-order valence-electron chi connectivity index (χ3n) is 3.80. The van der Waals surface area contributed by atoms with Crippen molar-refractivity contribution in [1.82, 2.24) is 5.32 Å². The van der Waals surface area contributed by atoms with E-state index in [9.17, 15) is 18.0 Å². The Hall–Kier alpha value is -0.780. The number of amides is 1. The lowest BCUT2D eigenvalue weighted by atomic mass is 9.85. The van der Waals surface area contributed by atoms with Gasteiger partial charge in [0, 0.05) is 12.0 Å². The van der Waals surface area contributed by atoms with E-state index < -0.39 is 17.6 Å². The molecule has 0 atom stereocenters. The SMILES string of the molecule is NC1CCC(C(=O)NC2(C(F)(F)F)CC2)CC1. The fraction of sp³-hybridized carbons (Fsp3) is 0.909. The molecule has 0 spiro atoms. The predicted octanol–water partition coefficient (Wildman–Crippen LogP) is 1.71. The minimum Gasteiger partial charge on any atom is -0.342 e. The molecule has 2 saturated carbocycles. The van der Waals surface area contributed by atoms with Crippen LogP contribution in [0.25, 0.3) is 0 Å². The summed E-state index contributed by atoms with van der Waals surface area (Å²) in [7, 11) is 0. The molecule has 2 aliphatic carbocycles. The van der Waals surface area contributed by atoms with Crippen LogP contribution in [0.2, 0.25) is 0 Å². The first-order valence-corrected chi connectivity index (χ1v) is 5.98. The Labute approximate surface area is 97.9 Å². The largest absolute Gasteiger partial charge is 0.411 e. The molecule has 2 fully saturated rings. The molecule has 0 radical (unpaired) electrons. The van der Waals surface area contributed by atoms with Gasteiger partial charge in [-0.3, -0.25) is 4.79 Å². The normalized spacial score (nSPS) is 32.0. The summed E-state index contributed by atoms with van der Waals surface area (Å²) in [6.45, 7) is 0. The number of carbonyl (C=O) groups excluding carboxylic acids is 1. The van der Waals surface area contributed by atoms with E-state index in [1.54, 1.807) is 0 Å². The molecular weight excluding hydrogens is 233 g/mol. The van der Waals surface area contributed by atoms with Crippen LogP contribution >= 0.6 is 0 Å². The van der Waals surface area contributed by atoms with Crippen LogP contribution < -0.4 is 11.1 Å². The molecule has 0 aromatic carbocycles. The van der Waals surface area contributed by atoms with Crippen molar-refractivity contribution in [2.75, 3.05) is 0 Å². The van der Waals surface area contributed by atoms with Gasteiger partial charge in [0.2, 0.25) is 5.91 Å². The number of halogens is 3. The minimum absolute atomic E-state index is 0.00841. The molecule has 1 amide bonds. The van der Waals surface area contributed by atoms with Gasteiger partial charge in [-0.1, -0.05) is 0 Å². The highest BCUT2D eigenvalue weighted by molar-refractivity contribution is 5.80. The van der Waals surface area contributed by atoms with E-state index in [4.69, 9.17) is 5.73 Å². The van der Waals surface area contributed by atoms with Crippen molar-refractivity contribution in [3.63, 3.8) is 0 Å². The van der Waals surface area contributed by atoms with E-state index >= 15 is 0 Å². The van der Waals surface area contributed by atoms with E-state index in [0.29, 0.717) is 12.8 Å². The summed E-state index contributed by atoms with van der Waals surface area (Å²) in [4.78, 5) is 11.8. The highest BCUT2D eigenvalue weighted by atomic mass is 19.4. The Kier molecular flexibility index (Phi) is 3.10. The summed E-state index contributed by atoms with van der Waals surface area (Å²) in [5, 5.41) is 2.19. The minimum atomic E-state index is -4.33. The van der Waals surface area contributed by atoms with Gasteiger partial charge >= 0.3 is 6.18 Å². The van der Waals surface area contributed by atoms with Gasteiger partial charge in [0.15, 0.2) is 0 Å². The first-order valence-electron chi connectivity index (χ1n) is 5.98. The van der Waals surface area contributed by atoms with Gasteiger partial charge in [-0.15, -0.1) is 0 Å². The van der Waals surface area contributed by atoms with Crippen molar-refractivity contribution in [3.05, 3.63) is 0 Å². The molecule has 0 aliphatic heterocycles. The maximum Gasteiger partial charge on any atom is 0.411 e. The smallest absolute Gasteiger partial charge is 0.342 e. The van der Waals surface area contributed by atoms with Crippen LogP contribution in [0.15, 0.2) is 0 Å². The molecule has 0 heterocycles. The molecule has 0 saturated heterocycles. The van der Waals surface area contributed by atoms with E-state index in [1.807, 2.05) is 0 Å². The Morgan fingerprint density at radius 3 is 2.12 bits per heavy atom. The quantitative estimate of drug-likeness (QED) is 0.784. The van der Waals surface area contributed by atoms with E-state index in [1.165, 1.54) is 0 Å². The van der Waals surface area contributed by atoms with Crippen molar-refractivity contribution in [1.29, 1.82) is 0 Å². The Morgan fingerprint density at radius 2 is 1.71 bits per heavy atom. The van der Waals surface area contributed by atoms with E-state index in [0.717, 1.165) is 12.8 Å². The molecule has 0 bridgehead atoms. The third kappa shape index (κ3) is 2.56. The molecule has 3 nitrogen and oxygen atoms in total. The topological polar surface area (TPSA) is 55.1 Å². The van der Waals surface area contributed by atoms with Gasteiger partial charge in [-0.25, -0.2) is 0 Å². The number of hydrogen-bond donors (Lipinski definition) is 2. The average molecular weight is 250 g/mol. The number of nitrogens with two attached hydrogens (primary N) is 1. The van der Waals surface area contributed by atoms with E-state index in [2.05, 4.69) is 5.32 Å². The van der Waals surface area contributed by atoms with Gasteiger partial charge in [-0.2, -0.15) is 13.2 Å². The Morgan fingerprint density at radius 1 is 1.18 bits per heavy atom. The summed E-state index contributed by atoms with van der Waals surface area (Å²) in [6, 6.07) is 0.0940. The molecular formula is C11H17F3N2O. The fourth-order valence-electron chi connectivity index (χ4n) is 2.32. The highest BCUT2D eigenvalue weighted by Gasteiger charge is 2.64.